The first-order chi connectivity index (χ1) is 15.2. The predicted octanol–water partition coefficient (Wildman–Crippen LogP) is 5.14. The molecule has 0 unspecified atom stereocenters. The van der Waals surface area contributed by atoms with Crippen molar-refractivity contribution in [1.82, 2.24) is 4.31 Å². The Morgan fingerprint density at radius 3 is 2.38 bits per heavy atom. The summed E-state index contributed by atoms with van der Waals surface area (Å²) in [4.78, 5) is 12.8. The lowest BCUT2D eigenvalue weighted by Gasteiger charge is -2.22. The minimum absolute atomic E-state index is 0.0312. The van der Waals surface area contributed by atoms with E-state index in [0.717, 1.165) is 15.4 Å². The monoisotopic (exact) mass is 492 g/mol. The third-order valence-corrected chi connectivity index (χ3v) is 7.00. The molecule has 0 aliphatic heterocycles. The highest BCUT2D eigenvalue weighted by atomic mass is 35.5. The van der Waals surface area contributed by atoms with Gasteiger partial charge in [-0.15, -0.1) is 0 Å². The van der Waals surface area contributed by atoms with Gasteiger partial charge in [0.25, 0.3) is 0 Å². The van der Waals surface area contributed by atoms with Crippen molar-refractivity contribution in [2.45, 2.75) is 18.4 Å². The number of ether oxygens (including phenoxy) is 1. The second-order valence-corrected chi connectivity index (χ2v) is 9.90. The van der Waals surface area contributed by atoms with Crippen molar-refractivity contribution in [3.63, 3.8) is 0 Å². The molecule has 1 N–H and O–H groups in total. The zero-order chi connectivity index (χ0) is 23.3. The van der Waals surface area contributed by atoms with Crippen LogP contribution >= 0.6 is 23.2 Å². The van der Waals surface area contributed by atoms with E-state index >= 15 is 0 Å². The highest BCUT2D eigenvalue weighted by molar-refractivity contribution is 7.89. The van der Waals surface area contributed by atoms with Crippen LogP contribution in [0.2, 0.25) is 10.0 Å². The summed E-state index contributed by atoms with van der Waals surface area (Å²) >= 11 is 12.0. The lowest BCUT2D eigenvalue weighted by molar-refractivity contribution is -0.116. The second kappa shape index (κ2) is 10.4. The molecule has 0 saturated heterocycles. The predicted molar refractivity (Wildman–Crippen MR) is 127 cm³/mol. The Morgan fingerprint density at radius 1 is 1.03 bits per heavy atom. The molecule has 0 aromatic heterocycles. The molecule has 32 heavy (non-hydrogen) atoms. The zero-order valence-electron chi connectivity index (χ0n) is 17.5. The van der Waals surface area contributed by atoms with Gasteiger partial charge in [0.15, 0.2) is 0 Å². The molecule has 0 bridgehead atoms. The largest absolute Gasteiger partial charge is 0.495 e. The smallest absolute Gasteiger partial charge is 0.243 e. The van der Waals surface area contributed by atoms with Crippen LogP contribution in [0.1, 0.15) is 11.1 Å². The van der Waals surface area contributed by atoms with Gasteiger partial charge in [-0.3, -0.25) is 4.79 Å². The number of nitrogens with zero attached hydrogens (tertiary/aromatic N) is 1. The number of amides is 1. The molecule has 0 saturated carbocycles. The van der Waals surface area contributed by atoms with Gasteiger partial charge in [-0.2, -0.15) is 4.31 Å². The maximum atomic E-state index is 13.3. The van der Waals surface area contributed by atoms with E-state index in [1.54, 1.807) is 12.1 Å². The van der Waals surface area contributed by atoms with Gasteiger partial charge in [-0.05, 0) is 55.0 Å². The number of sulfonamides is 1. The summed E-state index contributed by atoms with van der Waals surface area (Å²) in [6.45, 7) is 1.56. The Bertz CT molecular complexity index is 1210. The molecule has 168 valence electrons. The van der Waals surface area contributed by atoms with E-state index in [-0.39, 0.29) is 18.0 Å². The molecule has 1 amide bonds. The van der Waals surface area contributed by atoms with Crippen LogP contribution in [-0.2, 0) is 21.4 Å². The Labute approximate surface area is 197 Å². The van der Waals surface area contributed by atoms with Crippen molar-refractivity contribution in [2.75, 3.05) is 19.0 Å². The van der Waals surface area contributed by atoms with Gasteiger partial charge in [0.1, 0.15) is 5.75 Å². The van der Waals surface area contributed by atoms with Crippen LogP contribution in [0.3, 0.4) is 0 Å². The van der Waals surface area contributed by atoms with Gasteiger partial charge >= 0.3 is 0 Å². The van der Waals surface area contributed by atoms with Crippen LogP contribution in [0, 0.1) is 6.92 Å². The average molecular weight is 493 g/mol. The molecule has 9 heteroatoms. The molecule has 0 spiro atoms. The number of hydrogen-bond donors (Lipinski definition) is 1. The summed E-state index contributed by atoms with van der Waals surface area (Å²) in [5.74, 6) is -0.0347. The van der Waals surface area contributed by atoms with Crippen molar-refractivity contribution in [1.29, 1.82) is 0 Å². The van der Waals surface area contributed by atoms with Crippen molar-refractivity contribution in [3.05, 3.63) is 87.9 Å². The first-order valence-electron chi connectivity index (χ1n) is 9.63. The van der Waals surface area contributed by atoms with Gasteiger partial charge in [0, 0.05) is 17.3 Å². The maximum absolute atomic E-state index is 13.3. The molecule has 0 aliphatic rings. The number of carbonyl (C=O) groups excluding carboxylic acids is 1. The number of methoxy groups -OCH3 is 1. The average Bonchev–Trinajstić information content (AvgIpc) is 2.74. The summed E-state index contributed by atoms with van der Waals surface area (Å²) in [7, 11) is -2.48. The van der Waals surface area contributed by atoms with E-state index in [1.807, 2.05) is 31.2 Å². The minimum atomic E-state index is -3.97. The topological polar surface area (TPSA) is 75.7 Å². The van der Waals surface area contributed by atoms with Crippen LogP contribution in [-0.4, -0.2) is 32.3 Å². The minimum Gasteiger partial charge on any atom is -0.495 e. The number of halogens is 2. The first kappa shape index (κ1) is 24.1. The second-order valence-electron chi connectivity index (χ2n) is 7.11. The highest BCUT2D eigenvalue weighted by Gasteiger charge is 2.27. The molecule has 0 heterocycles. The Kier molecular flexibility index (Phi) is 7.79. The maximum Gasteiger partial charge on any atom is 0.243 e. The van der Waals surface area contributed by atoms with E-state index in [0.29, 0.717) is 21.5 Å². The highest BCUT2D eigenvalue weighted by Crippen LogP contribution is 2.27. The molecule has 3 aromatic rings. The van der Waals surface area contributed by atoms with Crippen molar-refractivity contribution in [3.8, 4) is 5.75 Å². The van der Waals surface area contributed by atoms with Gasteiger partial charge in [0.05, 0.1) is 23.6 Å². The van der Waals surface area contributed by atoms with E-state index < -0.39 is 15.9 Å². The van der Waals surface area contributed by atoms with Crippen LogP contribution < -0.4 is 10.1 Å². The number of nitrogens with one attached hydrogen (secondary N) is 1. The molecule has 0 radical (unpaired) electrons. The summed E-state index contributed by atoms with van der Waals surface area (Å²) in [5.41, 5.74) is 2.19. The van der Waals surface area contributed by atoms with Gasteiger partial charge in [0.2, 0.25) is 15.9 Å². The van der Waals surface area contributed by atoms with Crippen LogP contribution in [0.15, 0.2) is 71.6 Å². The Balaban J connectivity index is 1.87. The van der Waals surface area contributed by atoms with E-state index in [2.05, 4.69) is 5.32 Å². The standard InChI is InChI=1S/C23H22Cl2N2O4S/c1-16-4-3-5-17(12-16)14-27(32(29,30)20-9-6-18(24)7-10-20)15-23(28)26-19-8-11-22(31-2)21(25)13-19/h3-13H,14-15H2,1-2H3,(H,26,28). The first-order valence-corrected chi connectivity index (χ1v) is 11.8. The van der Waals surface area contributed by atoms with Crippen LogP contribution in [0.25, 0.3) is 0 Å². The third kappa shape index (κ3) is 6.01. The summed E-state index contributed by atoms with van der Waals surface area (Å²) < 4.78 is 32.9. The number of carbonyl (C=O) groups is 1. The summed E-state index contributed by atoms with van der Waals surface area (Å²) in [5, 5.41) is 3.44. The molecular weight excluding hydrogens is 471 g/mol. The van der Waals surface area contributed by atoms with Gasteiger partial charge in [-0.1, -0.05) is 53.0 Å². The van der Waals surface area contributed by atoms with Gasteiger partial charge in [-0.25, -0.2) is 8.42 Å². The quantitative estimate of drug-likeness (QED) is 0.472. The molecule has 3 rings (SSSR count). The fourth-order valence-corrected chi connectivity index (χ4v) is 4.87. The molecule has 6 nitrogen and oxygen atoms in total. The van der Waals surface area contributed by atoms with E-state index in [9.17, 15) is 13.2 Å². The number of hydrogen-bond acceptors (Lipinski definition) is 4. The Morgan fingerprint density at radius 2 is 1.75 bits per heavy atom. The van der Waals surface area contributed by atoms with E-state index in [4.69, 9.17) is 27.9 Å². The zero-order valence-corrected chi connectivity index (χ0v) is 19.8. The fraction of sp³-hybridized carbons (Fsp3) is 0.174. The fourth-order valence-electron chi connectivity index (χ4n) is 3.10. The lowest BCUT2D eigenvalue weighted by Crippen LogP contribution is -2.37. The normalized spacial score (nSPS) is 11.4. The SMILES string of the molecule is COc1ccc(NC(=O)CN(Cc2cccc(C)c2)S(=O)(=O)c2ccc(Cl)cc2)cc1Cl. The molecular formula is C23H22Cl2N2O4S. The van der Waals surface area contributed by atoms with Gasteiger partial charge < -0.3 is 10.1 Å². The van der Waals surface area contributed by atoms with Crippen LogP contribution in [0.4, 0.5) is 5.69 Å². The summed E-state index contributed by atoms with van der Waals surface area (Å²) in [6, 6.07) is 18.1. The lowest BCUT2D eigenvalue weighted by atomic mass is 10.1. The number of aryl methyl sites for hydroxylation is 1. The van der Waals surface area contributed by atoms with Crippen molar-refractivity contribution in [2.24, 2.45) is 0 Å². The van der Waals surface area contributed by atoms with Crippen LogP contribution in [0.5, 0.6) is 5.75 Å². The Hall–Kier alpha value is -2.58. The number of anilines is 1. The number of rotatable bonds is 8. The molecule has 0 atom stereocenters. The molecule has 3 aromatic carbocycles. The molecule has 0 aliphatic carbocycles. The summed E-state index contributed by atoms with van der Waals surface area (Å²) in [6.07, 6.45) is 0. The number of benzene rings is 3. The molecule has 0 fully saturated rings. The van der Waals surface area contributed by atoms with E-state index in [1.165, 1.54) is 37.4 Å². The van der Waals surface area contributed by atoms with Crippen molar-refractivity contribution < 1.29 is 17.9 Å². The van der Waals surface area contributed by atoms with Crippen molar-refractivity contribution >= 4 is 44.8 Å². The third-order valence-electron chi connectivity index (χ3n) is 4.65.